The number of carboxylic acids is 1. The van der Waals surface area contributed by atoms with Gasteiger partial charge in [-0.15, -0.1) is 0 Å². The van der Waals surface area contributed by atoms with E-state index >= 15 is 0 Å². The minimum Gasteiger partial charge on any atom is -0.490 e. The number of benzene rings is 1. The largest absolute Gasteiger partial charge is 0.490 e. The number of carbonyl (C=O) groups is 2. The summed E-state index contributed by atoms with van der Waals surface area (Å²) in [6, 6.07) is 3.93. The standard InChI is InChI=1S/C25H32ClFO8/c1-2-21(29)24(25(31)32)35-12-14-3-6-18-17(22(30)10-23(18)34-11-14)7-4-15(28)13-33-16-5-8-20(27)19(26)9-16/h4-5,7-9,14-15,17-18,22-24,28,30H,2-3,6,10-13H2,1H3,(H,31,32)/b7-4+/t14-,15-,17-,18-,22-,23+,24?/m1/s1. The Bertz CT molecular complexity index is 909. The number of hydrogen-bond acceptors (Lipinski definition) is 7. The van der Waals surface area contributed by atoms with E-state index in [0.717, 1.165) is 6.42 Å². The summed E-state index contributed by atoms with van der Waals surface area (Å²) in [6.45, 7) is 1.99. The molecule has 8 nitrogen and oxygen atoms in total. The molecule has 0 bridgehead atoms. The van der Waals surface area contributed by atoms with Crippen molar-refractivity contribution in [2.24, 2.45) is 17.8 Å². The number of aliphatic carboxylic acids is 1. The van der Waals surface area contributed by atoms with Gasteiger partial charge in [0.1, 0.15) is 24.3 Å². The van der Waals surface area contributed by atoms with Crippen LogP contribution in [0, 0.1) is 23.6 Å². The van der Waals surface area contributed by atoms with Gasteiger partial charge in [-0.25, -0.2) is 9.18 Å². The molecule has 3 N–H and O–H groups in total. The first-order valence-corrected chi connectivity index (χ1v) is 12.2. The van der Waals surface area contributed by atoms with Crippen LogP contribution in [0.4, 0.5) is 4.39 Å². The Kier molecular flexibility index (Phi) is 10.1. The predicted molar refractivity (Wildman–Crippen MR) is 125 cm³/mol. The summed E-state index contributed by atoms with van der Waals surface area (Å²) >= 11 is 5.73. The van der Waals surface area contributed by atoms with Crippen molar-refractivity contribution < 1.29 is 43.5 Å². The Hall–Kier alpha value is -2.04. The molecule has 1 heterocycles. The highest BCUT2D eigenvalue weighted by Crippen LogP contribution is 2.41. The smallest absolute Gasteiger partial charge is 0.340 e. The average molecular weight is 515 g/mol. The Morgan fingerprint density at radius 1 is 1.34 bits per heavy atom. The maximum atomic E-state index is 13.2. The summed E-state index contributed by atoms with van der Waals surface area (Å²) < 4.78 is 30.1. The first-order chi connectivity index (χ1) is 16.7. The highest BCUT2D eigenvalue weighted by atomic mass is 35.5. The molecule has 1 aromatic rings. The number of aliphatic hydroxyl groups is 2. The van der Waals surface area contributed by atoms with Gasteiger partial charge in [-0.1, -0.05) is 30.7 Å². The lowest BCUT2D eigenvalue weighted by atomic mass is 9.87. The third kappa shape index (κ3) is 7.47. The second-order valence-corrected chi connectivity index (χ2v) is 9.48. The van der Waals surface area contributed by atoms with E-state index in [4.69, 9.17) is 25.8 Å². The predicted octanol–water partition coefficient (Wildman–Crippen LogP) is 3.02. The molecule has 1 aromatic carbocycles. The van der Waals surface area contributed by atoms with Gasteiger partial charge in [-0.05, 0) is 30.9 Å². The third-order valence-electron chi connectivity index (χ3n) is 6.58. The minimum atomic E-state index is -1.46. The molecular formula is C25H32ClFO8. The van der Waals surface area contributed by atoms with Crippen LogP contribution in [0.5, 0.6) is 5.75 Å². The molecule has 3 rings (SSSR count). The molecule has 1 saturated heterocycles. The van der Waals surface area contributed by atoms with Gasteiger partial charge in [-0.3, -0.25) is 4.79 Å². The Labute approximate surface area is 208 Å². The van der Waals surface area contributed by atoms with Crippen molar-refractivity contribution in [3.8, 4) is 5.75 Å². The molecule has 0 radical (unpaired) electrons. The summed E-state index contributed by atoms with van der Waals surface area (Å²) in [4.78, 5) is 23.1. The fraction of sp³-hybridized carbons (Fsp3) is 0.600. The van der Waals surface area contributed by atoms with Crippen LogP contribution < -0.4 is 4.74 Å². The summed E-state index contributed by atoms with van der Waals surface area (Å²) in [7, 11) is 0. The molecule has 10 heteroatoms. The number of rotatable bonds is 11. The summed E-state index contributed by atoms with van der Waals surface area (Å²) in [5.74, 6) is -2.23. The average Bonchev–Trinajstić information content (AvgIpc) is 2.99. The molecule has 0 spiro atoms. The van der Waals surface area contributed by atoms with Gasteiger partial charge >= 0.3 is 5.97 Å². The quantitative estimate of drug-likeness (QED) is 0.304. The van der Waals surface area contributed by atoms with Crippen molar-refractivity contribution in [1.82, 2.24) is 0 Å². The monoisotopic (exact) mass is 514 g/mol. The van der Waals surface area contributed by atoms with Crippen LogP contribution in [-0.2, 0) is 19.1 Å². The van der Waals surface area contributed by atoms with Crippen molar-refractivity contribution >= 4 is 23.4 Å². The minimum absolute atomic E-state index is 0.0304. The fourth-order valence-corrected chi connectivity index (χ4v) is 4.80. The Morgan fingerprint density at radius 3 is 2.80 bits per heavy atom. The summed E-state index contributed by atoms with van der Waals surface area (Å²) in [5.41, 5.74) is 0. The molecule has 0 amide bonds. The lowest BCUT2D eigenvalue weighted by molar-refractivity contribution is -0.157. The first-order valence-electron chi connectivity index (χ1n) is 11.8. The van der Waals surface area contributed by atoms with E-state index in [1.54, 1.807) is 19.1 Å². The molecule has 35 heavy (non-hydrogen) atoms. The van der Waals surface area contributed by atoms with Crippen molar-refractivity contribution in [2.45, 2.75) is 57.0 Å². The maximum absolute atomic E-state index is 13.2. The number of halogens is 2. The number of carboxylic acid groups (broad SMARTS) is 1. The lowest BCUT2D eigenvalue weighted by Crippen LogP contribution is -2.34. The van der Waals surface area contributed by atoms with Gasteiger partial charge in [0, 0.05) is 30.7 Å². The topological polar surface area (TPSA) is 123 Å². The van der Waals surface area contributed by atoms with Gasteiger partial charge in [-0.2, -0.15) is 0 Å². The van der Waals surface area contributed by atoms with Crippen molar-refractivity contribution in [1.29, 1.82) is 0 Å². The molecule has 2 aliphatic rings. The van der Waals surface area contributed by atoms with Crippen molar-refractivity contribution in [3.63, 3.8) is 0 Å². The highest BCUT2D eigenvalue weighted by Gasteiger charge is 2.43. The van der Waals surface area contributed by atoms with Crippen LogP contribution in [0.3, 0.4) is 0 Å². The molecule has 1 aliphatic heterocycles. The number of hydrogen-bond donors (Lipinski definition) is 3. The Morgan fingerprint density at radius 2 is 2.11 bits per heavy atom. The van der Waals surface area contributed by atoms with Crippen LogP contribution in [0.25, 0.3) is 0 Å². The molecule has 1 unspecified atom stereocenters. The van der Waals surface area contributed by atoms with Crippen LogP contribution in [0.2, 0.25) is 5.02 Å². The number of fused-ring (bicyclic) bond motifs is 1. The van der Waals surface area contributed by atoms with E-state index in [2.05, 4.69) is 0 Å². The second kappa shape index (κ2) is 12.8. The molecular weight excluding hydrogens is 483 g/mol. The zero-order chi connectivity index (χ0) is 25.5. The number of carbonyl (C=O) groups excluding carboxylic acids is 1. The third-order valence-corrected chi connectivity index (χ3v) is 6.87. The number of Topliss-reactive ketones (excluding diaryl/α,β-unsaturated/α-hetero) is 1. The van der Waals surface area contributed by atoms with E-state index in [1.807, 2.05) is 0 Å². The van der Waals surface area contributed by atoms with Crippen LogP contribution in [0.15, 0.2) is 30.4 Å². The number of ether oxygens (including phenoxy) is 3. The Balaban J connectivity index is 1.51. The zero-order valence-corrected chi connectivity index (χ0v) is 20.3. The van der Waals surface area contributed by atoms with Crippen molar-refractivity contribution in [3.05, 3.63) is 41.2 Å². The summed E-state index contributed by atoms with van der Waals surface area (Å²) in [6.07, 6.45) is 2.14. The lowest BCUT2D eigenvalue weighted by Gasteiger charge is -2.21. The van der Waals surface area contributed by atoms with Crippen LogP contribution >= 0.6 is 11.6 Å². The molecule has 2 fully saturated rings. The molecule has 7 atom stereocenters. The molecule has 0 aromatic heterocycles. The van der Waals surface area contributed by atoms with Gasteiger partial charge < -0.3 is 29.5 Å². The highest BCUT2D eigenvalue weighted by molar-refractivity contribution is 6.30. The first kappa shape index (κ1) is 27.5. The van der Waals surface area contributed by atoms with E-state index < -0.39 is 35.9 Å². The fourth-order valence-electron chi connectivity index (χ4n) is 4.63. The second-order valence-electron chi connectivity index (χ2n) is 9.07. The van der Waals surface area contributed by atoms with E-state index in [9.17, 15) is 29.3 Å². The van der Waals surface area contributed by atoms with Crippen LogP contribution in [-0.4, -0.2) is 71.3 Å². The molecule has 1 aliphatic carbocycles. The number of aliphatic hydroxyl groups excluding tert-OH is 2. The van der Waals surface area contributed by atoms with E-state index in [1.165, 1.54) is 18.2 Å². The number of ketones is 1. The summed E-state index contributed by atoms with van der Waals surface area (Å²) in [5, 5.41) is 30.0. The van der Waals surface area contributed by atoms with E-state index in [0.29, 0.717) is 25.2 Å². The van der Waals surface area contributed by atoms with Crippen molar-refractivity contribution in [2.75, 3.05) is 19.8 Å². The van der Waals surface area contributed by atoms with Gasteiger partial charge in [0.05, 0.1) is 30.4 Å². The SMILES string of the molecule is CCC(=O)C(OC[C@@H]1CC[C@@H]2[C@@H](/C=C/[C@@H](O)COc3ccc(F)c(Cl)c3)[C@H](O)C[C@@H]2OC1)C(=O)O. The van der Waals surface area contributed by atoms with Gasteiger partial charge in [0.2, 0.25) is 6.10 Å². The maximum Gasteiger partial charge on any atom is 0.340 e. The van der Waals surface area contributed by atoms with Gasteiger partial charge in [0.15, 0.2) is 5.78 Å². The van der Waals surface area contributed by atoms with Crippen LogP contribution in [0.1, 0.15) is 32.6 Å². The molecule has 1 saturated carbocycles. The van der Waals surface area contributed by atoms with E-state index in [-0.39, 0.29) is 48.5 Å². The normalized spacial score (nSPS) is 28.3. The van der Waals surface area contributed by atoms with Gasteiger partial charge in [0.25, 0.3) is 0 Å². The zero-order valence-electron chi connectivity index (χ0n) is 19.5. The molecule has 194 valence electrons.